The van der Waals surface area contributed by atoms with Crippen molar-refractivity contribution in [2.24, 2.45) is 50.2 Å². The van der Waals surface area contributed by atoms with E-state index in [1.54, 1.807) is 0 Å². The van der Waals surface area contributed by atoms with Crippen LogP contribution in [0.15, 0.2) is 11.6 Å². The number of rotatable bonds is 11. The fraction of sp³-hybridized carbons (Fsp3) is 0.943. The Hall–Kier alpha value is -1.59. The summed E-state index contributed by atoms with van der Waals surface area (Å²) in [5.41, 5.74) is -0.820. The van der Waals surface area contributed by atoms with Crippen LogP contribution in [0.1, 0.15) is 113 Å². The molecular weight excluding hydrogens is 989 g/mol. The molecule has 0 unspecified atom stereocenters. The number of hydrogen-bond donors (Lipinski definition) is 13. The van der Waals surface area contributed by atoms with Crippen molar-refractivity contribution in [3.8, 4) is 0 Å². The molecule has 13 N–H and O–H groups in total. The van der Waals surface area contributed by atoms with Crippen LogP contribution in [-0.2, 0) is 42.7 Å². The Balaban J connectivity index is 0.875. The number of hydrogen-bond acceptors (Lipinski definition) is 22. The second kappa shape index (κ2) is 21.1. The zero-order chi connectivity index (χ0) is 54.7. The minimum atomic E-state index is -1.80. The van der Waals surface area contributed by atoms with Crippen LogP contribution >= 0.6 is 0 Å². The molecular formula is C53H86O22. The van der Waals surface area contributed by atoms with Crippen LogP contribution in [-0.4, -0.2) is 222 Å². The Morgan fingerprint density at radius 3 is 1.77 bits per heavy atom. The van der Waals surface area contributed by atoms with Gasteiger partial charge in [0, 0.05) is 0 Å². The predicted octanol–water partition coefficient (Wildman–Crippen LogP) is -1.40. The zero-order valence-corrected chi connectivity index (χ0v) is 44.2. The fourth-order valence-electron chi connectivity index (χ4n) is 16.0. The molecule has 22 heteroatoms. The Kier molecular flexibility index (Phi) is 16.3. The molecule has 0 bridgehead atoms. The maximum absolute atomic E-state index is 14.7. The highest BCUT2D eigenvalue weighted by molar-refractivity contribution is 5.79. The van der Waals surface area contributed by atoms with Crippen LogP contribution in [0, 0.1) is 50.2 Å². The van der Waals surface area contributed by atoms with Gasteiger partial charge < -0.3 is 104 Å². The summed E-state index contributed by atoms with van der Waals surface area (Å²) in [7, 11) is 0. The van der Waals surface area contributed by atoms with E-state index in [4.69, 9.17) is 37.9 Å². The van der Waals surface area contributed by atoms with E-state index in [1.807, 2.05) is 0 Å². The molecule has 4 saturated heterocycles. The van der Waals surface area contributed by atoms with E-state index in [-0.39, 0.29) is 46.0 Å². The summed E-state index contributed by atoms with van der Waals surface area (Å²) in [6.45, 7) is 14.0. The number of carbonyl (C=O) groups is 1. The average molecular weight is 1080 g/mol. The molecule has 4 aliphatic heterocycles. The second-order valence-corrected chi connectivity index (χ2v) is 25.9. The van der Waals surface area contributed by atoms with Crippen molar-refractivity contribution >= 4 is 5.97 Å². The van der Waals surface area contributed by atoms with Gasteiger partial charge in [-0.15, -0.1) is 0 Å². The molecule has 75 heavy (non-hydrogen) atoms. The Bertz CT molecular complexity index is 2060. The van der Waals surface area contributed by atoms with E-state index in [9.17, 15) is 71.2 Å². The quantitative estimate of drug-likeness (QED) is 0.0643. The molecule has 9 rings (SSSR count). The average Bonchev–Trinajstić information content (AvgIpc) is 3.36. The molecule has 0 radical (unpaired) electrons. The molecule has 22 nitrogen and oxygen atoms in total. The van der Waals surface area contributed by atoms with E-state index in [0.29, 0.717) is 19.3 Å². The van der Waals surface area contributed by atoms with Gasteiger partial charge in [-0.25, -0.2) is 0 Å². The van der Waals surface area contributed by atoms with Gasteiger partial charge in [0.2, 0.25) is 6.29 Å². The number of esters is 1. The van der Waals surface area contributed by atoms with Gasteiger partial charge in [0.25, 0.3) is 0 Å². The van der Waals surface area contributed by atoms with Gasteiger partial charge in [-0.2, -0.15) is 0 Å². The van der Waals surface area contributed by atoms with Crippen LogP contribution in [0.2, 0.25) is 0 Å². The van der Waals surface area contributed by atoms with E-state index in [2.05, 4.69) is 54.5 Å². The number of fused-ring (bicyclic) bond motifs is 7. The van der Waals surface area contributed by atoms with Crippen molar-refractivity contribution in [2.75, 3.05) is 26.4 Å². The fourth-order valence-corrected chi connectivity index (χ4v) is 16.0. The third-order valence-electron chi connectivity index (χ3n) is 21.0. The summed E-state index contributed by atoms with van der Waals surface area (Å²) in [6, 6.07) is 0. The summed E-state index contributed by atoms with van der Waals surface area (Å²) in [4.78, 5) is 14.7. The molecule has 4 heterocycles. The number of aliphatic hydroxyl groups excluding tert-OH is 13. The maximum Gasteiger partial charge on any atom is 0.315 e. The molecule has 430 valence electrons. The smallest absolute Gasteiger partial charge is 0.315 e. The molecule has 4 saturated carbocycles. The molecule has 0 aromatic heterocycles. The standard InChI is InChI=1S/C53H86O22/c1-48(2)14-16-53(47(67)75-46-42(66)36(60)33(57)26(19-54)71-46)17-15-51(6)23(24(53)18-48)8-9-30-50(5)12-11-31(49(3,4)29(50)10-13-52(30,51)7)74-45-41(65)38(62)35(59)28(73-45)22-70-44-40(64)37(61)34(58)27(72-44)21-69-43-39(63)32(56)25(55)20-68-43/h8,24-46,54-66H,9-22H2,1-7H3/t24-,25+,26+,27+,28+,29-,30+,31-,32-,33+,34+,35+,36-,37-,38-,39+,40+,41+,42+,43-,44+,45-,46-,50-,51+,52+,53-/m0/s1. The minimum absolute atomic E-state index is 0.0748. The lowest BCUT2D eigenvalue weighted by Crippen LogP contribution is -2.66. The highest BCUT2D eigenvalue weighted by Crippen LogP contribution is 2.76. The van der Waals surface area contributed by atoms with Crippen molar-refractivity contribution in [3.05, 3.63) is 11.6 Å². The summed E-state index contributed by atoms with van der Waals surface area (Å²) in [6.07, 6.45) is -20.5. The molecule has 9 aliphatic rings. The third kappa shape index (κ3) is 9.70. The van der Waals surface area contributed by atoms with Crippen LogP contribution in [0.4, 0.5) is 0 Å². The van der Waals surface area contributed by atoms with E-state index in [0.717, 1.165) is 44.9 Å². The number of ether oxygens (including phenoxy) is 8. The molecule has 0 aromatic rings. The SMILES string of the molecule is CC1(C)CC[C@]2(C(=O)O[C@@H]3O[C@H](CO)[C@@H](O)[C@H](O)[C@H]3O)CC[C@]3(C)C(=CC[C@@H]4[C@@]5(C)CC[C@H](O[C@@H]6O[C@H](CO[C@@H]7O[C@H](CO[C@@H]8OC[C@@H](O)[C@H](O)[C@H]8O)[C@@H](O)[C@H](O)[C@H]7O)[C@@H](O)[C@H](O)[C@H]6O)C(C)(C)[C@@H]5CC[C@]43C)[C@@H]2C1. The lowest BCUT2D eigenvalue weighted by molar-refractivity contribution is -0.348. The Morgan fingerprint density at radius 2 is 1.13 bits per heavy atom. The van der Waals surface area contributed by atoms with E-state index in [1.165, 1.54) is 5.57 Å². The molecule has 8 fully saturated rings. The summed E-state index contributed by atoms with van der Waals surface area (Å²) >= 11 is 0. The van der Waals surface area contributed by atoms with Crippen molar-refractivity contribution in [3.63, 3.8) is 0 Å². The summed E-state index contributed by atoms with van der Waals surface area (Å²) in [5.74, 6) is -0.267. The van der Waals surface area contributed by atoms with Crippen molar-refractivity contribution in [1.82, 2.24) is 0 Å². The lowest BCUT2D eigenvalue weighted by atomic mass is 9.33. The predicted molar refractivity (Wildman–Crippen MR) is 257 cm³/mol. The highest BCUT2D eigenvalue weighted by atomic mass is 16.7. The van der Waals surface area contributed by atoms with Gasteiger partial charge in [0.15, 0.2) is 18.9 Å². The molecule has 5 aliphatic carbocycles. The first-order chi connectivity index (χ1) is 35.1. The lowest BCUT2D eigenvalue weighted by Gasteiger charge is -2.71. The summed E-state index contributed by atoms with van der Waals surface area (Å²) in [5, 5.41) is 138. The molecule has 0 amide bonds. The second-order valence-electron chi connectivity index (χ2n) is 25.9. The number of carbonyl (C=O) groups excluding carboxylic acids is 1. The van der Waals surface area contributed by atoms with Gasteiger partial charge >= 0.3 is 5.97 Å². The summed E-state index contributed by atoms with van der Waals surface area (Å²) < 4.78 is 46.8. The molecule has 27 atom stereocenters. The van der Waals surface area contributed by atoms with Gasteiger partial charge in [-0.05, 0) is 109 Å². The van der Waals surface area contributed by atoms with Crippen LogP contribution in [0.25, 0.3) is 0 Å². The van der Waals surface area contributed by atoms with Gasteiger partial charge in [0.05, 0.1) is 37.9 Å². The Labute approximate surface area is 437 Å². The topological polar surface area (TPSA) is 354 Å². The Morgan fingerprint density at radius 1 is 0.587 bits per heavy atom. The van der Waals surface area contributed by atoms with Crippen molar-refractivity contribution in [2.45, 2.75) is 235 Å². The third-order valence-corrected chi connectivity index (χ3v) is 21.0. The largest absolute Gasteiger partial charge is 0.432 e. The normalized spacial score (nSPS) is 53.5. The van der Waals surface area contributed by atoms with Crippen LogP contribution in [0.5, 0.6) is 0 Å². The van der Waals surface area contributed by atoms with E-state index >= 15 is 0 Å². The van der Waals surface area contributed by atoms with Crippen molar-refractivity contribution in [1.29, 1.82) is 0 Å². The number of aliphatic hydroxyl groups is 13. The molecule has 0 spiro atoms. The maximum atomic E-state index is 14.7. The first kappa shape index (κ1) is 58.1. The van der Waals surface area contributed by atoms with E-state index < -0.39 is 159 Å². The number of allylic oxidation sites excluding steroid dienone is 2. The highest BCUT2D eigenvalue weighted by Gasteiger charge is 2.70. The van der Waals surface area contributed by atoms with Crippen LogP contribution < -0.4 is 0 Å². The van der Waals surface area contributed by atoms with Gasteiger partial charge in [-0.1, -0.05) is 60.1 Å². The minimum Gasteiger partial charge on any atom is -0.432 e. The van der Waals surface area contributed by atoms with Gasteiger partial charge in [-0.3, -0.25) is 4.79 Å². The van der Waals surface area contributed by atoms with Crippen molar-refractivity contribution < 1.29 is 109 Å². The molecule has 0 aromatic carbocycles. The monoisotopic (exact) mass is 1070 g/mol. The first-order valence-electron chi connectivity index (χ1n) is 27.2. The first-order valence-corrected chi connectivity index (χ1v) is 27.2. The van der Waals surface area contributed by atoms with Crippen LogP contribution in [0.3, 0.4) is 0 Å². The zero-order valence-electron chi connectivity index (χ0n) is 44.2. The van der Waals surface area contributed by atoms with Gasteiger partial charge in [0.1, 0.15) is 91.6 Å².